The molecule has 1 N–H and O–H groups in total. The van der Waals surface area contributed by atoms with Crippen LogP contribution in [0.1, 0.15) is 17.7 Å². The van der Waals surface area contributed by atoms with E-state index in [1.807, 2.05) is 0 Å². The molecule has 0 saturated carbocycles. The Morgan fingerprint density at radius 3 is 2.77 bits per heavy atom. The smallest absolute Gasteiger partial charge is 0.333 e. The van der Waals surface area contributed by atoms with Gasteiger partial charge < -0.3 is 14.8 Å². The second-order valence-electron chi connectivity index (χ2n) is 4.18. The predicted molar refractivity (Wildman–Crippen MR) is 72.5 cm³/mol. The summed E-state index contributed by atoms with van der Waals surface area (Å²) >= 11 is 1.16. The summed E-state index contributed by atoms with van der Waals surface area (Å²) in [6, 6.07) is 3.23. The van der Waals surface area contributed by atoms with Crippen LogP contribution in [0.3, 0.4) is 0 Å². The molecule has 2 aromatic heterocycles. The number of carbonyl (C=O) groups excluding carboxylic acids is 1. The molecule has 2 aromatic rings. The first-order valence-electron chi connectivity index (χ1n) is 6.14. The first-order chi connectivity index (χ1) is 10.3. The molecule has 22 heavy (non-hydrogen) atoms. The van der Waals surface area contributed by atoms with Gasteiger partial charge in [-0.15, -0.1) is 11.3 Å². The van der Waals surface area contributed by atoms with Crippen molar-refractivity contribution in [2.75, 3.05) is 6.54 Å². The lowest BCUT2D eigenvalue weighted by molar-refractivity contribution is -0.159. The third-order valence-electron chi connectivity index (χ3n) is 2.71. The van der Waals surface area contributed by atoms with E-state index in [4.69, 9.17) is 5.41 Å². The minimum Gasteiger partial charge on any atom is -0.333 e. The minimum absolute atomic E-state index is 0.148. The van der Waals surface area contributed by atoms with Gasteiger partial charge in [0.25, 0.3) is 5.91 Å². The van der Waals surface area contributed by atoms with E-state index in [2.05, 4.69) is 14.7 Å². The van der Waals surface area contributed by atoms with Crippen molar-refractivity contribution in [3.63, 3.8) is 0 Å². The molecule has 0 aromatic carbocycles. The van der Waals surface area contributed by atoms with Crippen LogP contribution in [0, 0.1) is 5.41 Å². The number of hydrogen-bond acceptors (Lipinski definition) is 6. The number of nitrogens with zero attached hydrogens (tertiary/aromatic N) is 3. The highest BCUT2D eigenvalue weighted by Gasteiger charge is 2.38. The van der Waals surface area contributed by atoms with Crippen molar-refractivity contribution in [2.45, 2.75) is 19.6 Å². The van der Waals surface area contributed by atoms with E-state index in [1.54, 1.807) is 19.1 Å². The Kier molecular flexibility index (Phi) is 4.59. The lowest BCUT2D eigenvalue weighted by Gasteiger charge is -2.17. The van der Waals surface area contributed by atoms with Crippen LogP contribution in [0.25, 0.3) is 10.7 Å². The number of hydrogen-bond donors (Lipinski definition) is 1. The van der Waals surface area contributed by atoms with Gasteiger partial charge in [0.05, 0.1) is 17.6 Å². The Bertz CT molecular complexity index is 680. The van der Waals surface area contributed by atoms with Gasteiger partial charge in [-0.2, -0.15) is 18.2 Å². The van der Waals surface area contributed by atoms with E-state index >= 15 is 0 Å². The van der Waals surface area contributed by atoms with Gasteiger partial charge in [0, 0.05) is 11.4 Å². The molecule has 0 atom stereocenters. The average molecular weight is 332 g/mol. The number of rotatable bonds is 5. The maximum atomic E-state index is 12.4. The van der Waals surface area contributed by atoms with Crippen LogP contribution in [0.5, 0.6) is 0 Å². The predicted octanol–water partition coefficient (Wildman–Crippen LogP) is 2.81. The van der Waals surface area contributed by atoms with Crippen molar-refractivity contribution in [3.8, 4) is 10.7 Å². The normalized spacial score (nSPS) is 11.5. The number of aromatic nitrogens is 2. The lowest BCUT2D eigenvalue weighted by atomic mass is 10.3. The molecule has 0 saturated heterocycles. The van der Waals surface area contributed by atoms with Gasteiger partial charge in [-0.05, 0) is 19.1 Å². The quantitative estimate of drug-likeness (QED) is 0.854. The van der Waals surface area contributed by atoms with Crippen molar-refractivity contribution in [2.24, 2.45) is 0 Å². The third-order valence-corrected chi connectivity index (χ3v) is 3.78. The number of thiophene rings is 1. The van der Waals surface area contributed by atoms with E-state index in [9.17, 15) is 18.0 Å². The Hall–Kier alpha value is -2.23. The first-order valence-corrected chi connectivity index (χ1v) is 6.96. The van der Waals surface area contributed by atoms with E-state index in [0.29, 0.717) is 17.6 Å². The zero-order valence-corrected chi connectivity index (χ0v) is 12.2. The van der Waals surface area contributed by atoms with Crippen LogP contribution < -0.4 is 0 Å². The summed E-state index contributed by atoms with van der Waals surface area (Å²) in [6.45, 7) is 2.45. The standard InChI is InChI=1S/C12H11F3N4O2S/c1-2-19(9(20)5-16)6-7-3-4-8(22-7)10-17-11(21-18-10)12(13,14)15/h3-5,16H,2,6H2,1H3. The van der Waals surface area contributed by atoms with Crippen molar-refractivity contribution in [1.82, 2.24) is 15.0 Å². The molecule has 0 spiro atoms. The molecular formula is C12H11F3N4O2S. The van der Waals surface area contributed by atoms with Crippen LogP contribution in [-0.2, 0) is 17.5 Å². The van der Waals surface area contributed by atoms with E-state index in [-0.39, 0.29) is 12.4 Å². The zero-order valence-electron chi connectivity index (χ0n) is 11.3. The van der Waals surface area contributed by atoms with Crippen LogP contribution in [0.2, 0.25) is 0 Å². The highest BCUT2D eigenvalue weighted by atomic mass is 32.1. The largest absolute Gasteiger partial charge is 0.471 e. The number of amides is 1. The Balaban J connectivity index is 2.16. The van der Waals surface area contributed by atoms with Gasteiger partial charge in [0.1, 0.15) is 0 Å². The van der Waals surface area contributed by atoms with Crippen molar-refractivity contribution >= 4 is 23.5 Å². The number of halogens is 3. The maximum Gasteiger partial charge on any atom is 0.471 e. The fraction of sp³-hybridized carbons (Fsp3) is 0.333. The van der Waals surface area contributed by atoms with Gasteiger partial charge >= 0.3 is 12.1 Å². The third kappa shape index (κ3) is 3.50. The molecule has 0 aliphatic carbocycles. The summed E-state index contributed by atoms with van der Waals surface area (Å²) < 4.78 is 41.4. The molecule has 2 heterocycles. The second kappa shape index (κ2) is 6.26. The van der Waals surface area contributed by atoms with Gasteiger partial charge in [-0.1, -0.05) is 5.16 Å². The number of carbonyl (C=O) groups is 1. The van der Waals surface area contributed by atoms with Crippen molar-refractivity contribution in [1.29, 1.82) is 5.41 Å². The monoisotopic (exact) mass is 332 g/mol. The summed E-state index contributed by atoms with van der Waals surface area (Å²) in [5.41, 5.74) is 0. The fourth-order valence-corrected chi connectivity index (χ4v) is 2.60. The second-order valence-corrected chi connectivity index (χ2v) is 5.35. The molecule has 0 bridgehead atoms. The van der Waals surface area contributed by atoms with E-state index in [0.717, 1.165) is 16.2 Å². The molecule has 118 valence electrons. The van der Waals surface area contributed by atoms with Crippen molar-refractivity contribution in [3.05, 3.63) is 22.9 Å². The molecule has 1 amide bonds. The van der Waals surface area contributed by atoms with Crippen molar-refractivity contribution < 1.29 is 22.5 Å². The van der Waals surface area contributed by atoms with Crippen LogP contribution in [0.15, 0.2) is 16.7 Å². The molecule has 0 fully saturated rings. The molecule has 0 aliphatic heterocycles. The summed E-state index contributed by atoms with van der Waals surface area (Å²) in [4.78, 5) is 17.3. The molecular weight excluding hydrogens is 321 g/mol. The highest BCUT2D eigenvalue weighted by molar-refractivity contribution is 7.15. The molecule has 0 aliphatic rings. The molecule has 0 unspecified atom stereocenters. The first kappa shape index (κ1) is 16.1. The molecule has 10 heteroatoms. The molecule has 2 rings (SSSR count). The average Bonchev–Trinajstić information content (AvgIpc) is 3.11. The Morgan fingerprint density at radius 1 is 1.50 bits per heavy atom. The van der Waals surface area contributed by atoms with Crippen LogP contribution >= 0.6 is 11.3 Å². The zero-order chi connectivity index (χ0) is 16.3. The molecule has 0 radical (unpaired) electrons. The SMILES string of the molecule is CCN(Cc1ccc(-c2noc(C(F)(F)F)n2)s1)C(=O)C=N. The van der Waals surface area contributed by atoms with Crippen LogP contribution in [0.4, 0.5) is 13.2 Å². The van der Waals surface area contributed by atoms with Crippen LogP contribution in [-0.4, -0.2) is 33.7 Å². The van der Waals surface area contributed by atoms with Gasteiger partial charge in [0.15, 0.2) is 0 Å². The van der Waals surface area contributed by atoms with Gasteiger partial charge in [-0.3, -0.25) is 4.79 Å². The van der Waals surface area contributed by atoms with E-state index in [1.165, 1.54) is 4.90 Å². The summed E-state index contributed by atoms with van der Waals surface area (Å²) in [6.07, 6.45) is -3.96. The Morgan fingerprint density at radius 2 is 2.23 bits per heavy atom. The number of nitrogens with one attached hydrogen (secondary N) is 1. The van der Waals surface area contributed by atoms with Gasteiger partial charge in [-0.25, -0.2) is 0 Å². The topological polar surface area (TPSA) is 83.1 Å². The summed E-state index contributed by atoms with van der Waals surface area (Å²) in [7, 11) is 0. The fourth-order valence-electron chi connectivity index (χ4n) is 1.65. The highest BCUT2D eigenvalue weighted by Crippen LogP contribution is 2.31. The minimum atomic E-state index is -4.68. The number of alkyl halides is 3. The Labute approximate surface area is 127 Å². The maximum absolute atomic E-state index is 12.4. The van der Waals surface area contributed by atoms with Gasteiger partial charge in [0.2, 0.25) is 5.82 Å². The summed E-state index contributed by atoms with van der Waals surface area (Å²) in [5, 5.41) is 10.3. The molecule has 6 nitrogen and oxygen atoms in total. The lowest BCUT2D eigenvalue weighted by Crippen LogP contribution is -2.30. The summed E-state index contributed by atoms with van der Waals surface area (Å²) in [5.74, 6) is -1.98. The van der Waals surface area contributed by atoms with E-state index < -0.39 is 18.0 Å².